The van der Waals surface area contributed by atoms with E-state index in [0.29, 0.717) is 13.2 Å². The summed E-state index contributed by atoms with van der Waals surface area (Å²) in [6.07, 6.45) is 4.53. The molecule has 1 amide bonds. The summed E-state index contributed by atoms with van der Waals surface area (Å²) in [6, 6.07) is 0.0415. The zero-order valence-electron chi connectivity index (χ0n) is 8.77. The maximum Gasteiger partial charge on any atom is 0.229 e. The Morgan fingerprint density at radius 1 is 1.64 bits per heavy atom. The van der Waals surface area contributed by atoms with Crippen LogP contribution in [0.5, 0.6) is 0 Å². The van der Waals surface area contributed by atoms with Crippen molar-refractivity contribution in [2.24, 2.45) is 11.7 Å². The van der Waals surface area contributed by atoms with E-state index in [1.54, 1.807) is 19.1 Å². The number of ether oxygens (including phenoxy) is 1. The van der Waals surface area contributed by atoms with Crippen LogP contribution in [0.15, 0.2) is 12.2 Å². The van der Waals surface area contributed by atoms with E-state index in [0.717, 1.165) is 6.42 Å². The van der Waals surface area contributed by atoms with Gasteiger partial charge in [0.2, 0.25) is 5.91 Å². The van der Waals surface area contributed by atoms with Gasteiger partial charge < -0.3 is 15.4 Å². The van der Waals surface area contributed by atoms with Crippen LogP contribution < -0.4 is 5.73 Å². The Hall–Kier alpha value is -0.870. The number of nitrogens with two attached hydrogens (primary N) is 1. The molecule has 0 aromatic heterocycles. The lowest BCUT2D eigenvalue weighted by Crippen LogP contribution is -2.35. The maximum atomic E-state index is 11.8. The Balaban J connectivity index is 2.37. The quantitative estimate of drug-likeness (QED) is 0.647. The highest BCUT2D eigenvalue weighted by Crippen LogP contribution is 2.18. The van der Waals surface area contributed by atoms with Crippen molar-refractivity contribution in [1.82, 2.24) is 4.90 Å². The topological polar surface area (TPSA) is 55.6 Å². The minimum absolute atomic E-state index is 0.0353. The third-order valence-corrected chi connectivity index (χ3v) is 2.44. The molecular formula is C10H18N2O2. The maximum absolute atomic E-state index is 11.8. The normalized spacial score (nSPS) is 25.4. The Morgan fingerprint density at radius 2 is 2.36 bits per heavy atom. The Bertz CT molecular complexity index is 228. The molecule has 0 spiro atoms. The minimum atomic E-state index is -0.0353. The predicted molar refractivity (Wildman–Crippen MR) is 54.7 cm³/mol. The summed E-state index contributed by atoms with van der Waals surface area (Å²) in [6.45, 7) is 1.21. The lowest BCUT2D eigenvalue weighted by molar-refractivity contribution is -0.133. The van der Waals surface area contributed by atoms with Gasteiger partial charge in [-0.25, -0.2) is 0 Å². The summed E-state index contributed by atoms with van der Waals surface area (Å²) in [5, 5.41) is 0. The second-order valence-electron chi connectivity index (χ2n) is 3.64. The van der Waals surface area contributed by atoms with Crippen molar-refractivity contribution in [2.75, 3.05) is 27.3 Å². The molecule has 0 bridgehead atoms. The summed E-state index contributed by atoms with van der Waals surface area (Å²) < 4.78 is 4.91. The molecule has 4 nitrogen and oxygen atoms in total. The molecule has 2 atom stereocenters. The van der Waals surface area contributed by atoms with E-state index >= 15 is 0 Å². The first-order chi connectivity index (χ1) is 6.65. The molecule has 0 heterocycles. The molecule has 0 radical (unpaired) electrons. The van der Waals surface area contributed by atoms with Crippen LogP contribution in [0.3, 0.4) is 0 Å². The minimum Gasteiger partial charge on any atom is -0.383 e. The number of hydrogen-bond donors (Lipinski definition) is 1. The number of hydrogen-bond acceptors (Lipinski definition) is 3. The third-order valence-electron chi connectivity index (χ3n) is 2.44. The first-order valence-electron chi connectivity index (χ1n) is 4.83. The van der Waals surface area contributed by atoms with Gasteiger partial charge in [-0.1, -0.05) is 12.2 Å². The molecule has 14 heavy (non-hydrogen) atoms. The van der Waals surface area contributed by atoms with Crippen LogP contribution in [-0.2, 0) is 9.53 Å². The number of nitrogens with zero attached hydrogens (tertiary/aromatic N) is 1. The van der Waals surface area contributed by atoms with Gasteiger partial charge in [-0.15, -0.1) is 0 Å². The summed E-state index contributed by atoms with van der Waals surface area (Å²) in [5.41, 5.74) is 5.68. The molecule has 1 aliphatic rings. The SMILES string of the molecule is COCCN(C)C(=O)C1C=CC(N)C1. The van der Waals surface area contributed by atoms with Gasteiger partial charge in [-0.3, -0.25) is 4.79 Å². The average Bonchev–Trinajstić information content (AvgIpc) is 2.60. The van der Waals surface area contributed by atoms with Crippen LogP contribution in [-0.4, -0.2) is 44.2 Å². The zero-order valence-corrected chi connectivity index (χ0v) is 8.77. The molecule has 0 saturated heterocycles. The lowest BCUT2D eigenvalue weighted by Gasteiger charge is -2.20. The monoisotopic (exact) mass is 198 g/mol. The van der Waals surface area contributed by atoms with Crippen molar-refractivity contribution in [2.45, 2.75) is 12.5 Å². The van der Waals surface area contributed by atoms with Gasteiger partial charge in [0.1, 0.15) is 0 Å². The van der Waals surface area contributed by atoms with Crippen LogP contribution in [0.2, 0.25) is 0 Å². The molecule has 4 heteroatoms. The summed E-state index contributed by atoms with van der Waals surface area (Å²) >= 11 is 0. The summed E-state index contributed by atoms with van der Waals surface area (Å²) in [4.78, 5) is 13.5. The predicted octanol–water partition coefficient (Wildman–Crippen LogP) is -0.00540. The molecule has 1 aliphatic carbocycles. The van der Waals surface area contributed by atoms with Crippen molar-refractivity contribution >= 4 is 5.91 Å². The van der Waals surface area contributed by atoms with Crippen molar-refractivity contribution in [1.29, 1.82) is 0 Å². The molecule has 0 aromatic rings. The van der Waals surface area contributed by atoms with Crippen molar-refractivity contribution in [3.63, 3.8) is 0 Å². The van der Waals surface area contributed by atoms with Gasteiger partial charge in [0.15, 0.2) is 0 Å². The van der Waals surface area contributed by atoms with E-state index in [1.165, 1.54) is 0 Å². The van der Waals surface area contributed by atoms with Crippen LogP contribution in [0, 0.1) is 5.92 Å². The smallest absolute Gasteiger partial charge is 0.229 e. The molecule has 2 N–H and O–H groups in total. The van der Waals surface area contributed by atoms with E-state index in [1.807, 2.05) is 12.2 Å². The van der Waals surface area contributed by atoms with Crippen molar-refractivity contribution in [3.05, 3.63) is 12.2 Å². The number of likely N-dealkylation sites (N-methyl/N-ethyl adjacent to an activating group) is 1. The third kappa shape index (κ3) is 2.82. The fourth-order valence-corrected chi connectivity index (χ4v) is 1.53. The molecule has 0 fully saturated rings. The second-order valence-corrected chi connectivity index (χ2v) is 3.64. The number of amides is 1. The molecule has 0 saturated carbocycles. The Morgan fingerprint density at radius 3 is 2.86 bits per heavy atom. The molecular weight excluding hydrogens is 180 g/mol. The highest BCUT2D eigenvalue weighted by Gasteiger charge is 2.24. The van der Waals surface area contributed by atoms with Crippen molar-refractivity contribution < 1.29 is 9.53 Å². The van der Waals surface area contributed by atoms with Crippen LogP contribution in [0.25, 0.3) is 0 Å². The van der Waals surface area contributed by atoms with Gasteiger partial charge in [0, 0.05) is 26.7 Å². The Labute approximate surface area is 84.7 Å². The van der Waals surface area contributed by atoms with E-state index in [9.17, 15) is 4.79 Å². The van der Waals surface area contributed by atoms with E-state index in [-0.39, 0.29) is 17.9 Å². The first kappa shape index (κ1) is 11.2. The lowest BCUT2D eigenvalue weighted by atomic mass is 10.1. The number of carbonyl (C=O) groups excluding carboxylic acids is 1. The highest BCUT2D eigenvalue weighted by molar-refractivity contribution is 5.81. The summed E-state index contributed by atoms with van der Waals surface area (Å²) in [5.74, 6) is 0.0955. The fraction of sp³-hybridized carbons (Fsp3) is 0.700. The molecule has 1 rings (SSSR count). The molecule has 0 aromatic carbocycles. The van der Waals surface area contributed by atoms with Gasteiger partial charge in [-0.2, -0.15) is 0 Å². The number of methoxy groups -OCH3 is 1. The van der Waals surface area contributed by atoms with Crippen LogP contribution in [0.4, 0.5) is 0 Å². The van der Waals surface area contributed by atoms with Gasteiger partial charge >= 0.3 is 0 Å². The van der Waals surface area contributed by atoms with Crippen LogP contribution >= 0.6 is 0 Å². The van der Waals surface area contributed by atoms with Gasteiger partial charge in [0.25, 0.3) is 0 Å². The van der Waals surface area contributed by atoms with Crippen molar-refractivity contribution in [3.8, 4) is 0 Å². The number of rotatable bonds is 4. The van der Waals surface area contributed by atoms with E-state index in [4.69, 9.17) is 10.5 Å². The van der Waals surface area contributed by atoms with Gasteiger partial charge in [0.05, 0.1) is 12.5 Å². The average molecular weight is 198 g/mol. The highest BCUT2D eigenvalue weighted by atomic mass is 16.5. The molecule has 80 valence electrons. The van der Waals surface area contributed by atoms with E-state index in [2.05, 4.69) is 0 Å². The van der Waals surface area contributed by atoms with Gasteiger partial charge in [-0.05, 0) is 6.42 Å². The molecule has 2 unspecified atom stereocenters. The van der Waals surface area contributed by atoms with E-state index < -0.39 is 0 Å². The number of carbonyl (C=O) groups is 1. The summed E-state index contributed by atoms with van der Waals surface area (Å²) in [7, 11) is 3.42. The largest absolute Gasteiger partial charge is 0.383 e. The Kier molecular flexibility index (Phi) is 4.10. The van der Waals surface area contributed by atoms with Crippen LogP contribution in [0.1, 0.15) is 6.42 Å². The standard InChI is InChI=1S/C10H18N2O2/c1-12(5-6-14-2)10(13)8-3-4-9(11)7-8/h3-4,8-9H,5-7,11H2,1-2H3. The fourth-order valence-electron chi connectivity index (χ4n) is 1.53. The molecule has 0 aliphatic heterocycles. The first-order valence-corrected chi connectivity index (χ1v) is 4.83. The zero-order chi connectivity index (χ0) is 10.6. The second kappa shape index (κ2) is 5.12.